The van der Waals surface area contributed by atoms with E-state index in [0.717, 1.165) is 23.3 Å². The van der Waals surface area contributed by atoms with Gasteiger partial charge in [-0.25, -0.2) is 4.39 Å². The molecule has 0 spiro atoms. The summed E-state index contributed by atoms with van der Waals surface area (Å²) < 4.78 is 19.0. The van der Waals surface area contributed by atoms with Crippen LogP contribution in [0.2, 0.25) is 0 Å². The first kappa shape index (κ1) is 18.2. The summed E-state index contributed by atoms with van der Waals surface area (Å²) in [5, 5.41) is 3.48. The molecule has 0 radical (unpaired) electrons. The molecule has 0 saturated heterocycles. The van der Waals surface area contributed by atoms with Crippen molar-refractivity contribution in [3.63, 3.8) is 0 Å². The number of halogens is 1. The standard InChI is InChI=1S/C23H24FNO/c1-18(25-17-20-11-13-21(24)14-12-20)22-9-5-6-10-23(22)26-16-15-19-7-3-2-4-8-19/h2-14,18,25H,15-17H2,1H3. The van der Waals surface area contributed by atoms with E-state index in [2.05, 4.69) is 30.4 Å². The van der Waals surface area contributed by atoms with Gasteiger partial charge in [0.2, 0.25) is 0 Å². The molecule has 0 amide bonds. The van der Waals surface area contributed by atoms with Gasteiger partial charge in [-0.1, -0.05) is 60.7 Å². The zero-order valence-corrected chi connectivity index (χ0v) is 15.0. The molecule has 3 heteroatoms. The van der Waals surface area contributed by atoms with Gasteiger partial charge in [0, 0.05) is 24.6 Å². The molecular formula is C23H24FNO. The first-order valence-electron chi connectivity index (χ1n) is 8.96. The third-order valence-electron chi connectivity index (χ3n) is 4.40. The van der Waals surface area contributed by atoms with Crippen LogP contribution in [-0.4, -0.2) is 6.61 Å². The molecule has 1 atom stereocenters. The van der Waals surface area contributed by atoms with Crippen LogP contribution in [-0.2, 0) is 13.0 Å². The lowest BCUT2D eigenvalue weighted by atomic mass is 10.1. The van der Waals surface area contributed by atoms with E-state index in [9.17, 15) is 4.39 Å². The maximum absolute atomic E-state index is 13.0. The van der Waals surface area contributed by atoms with Crippen LogP contribution in [0.4, 0.5) is 4.39 Å². The first-order valence-corrected chi connectivity index (χ1v) is 8.96. The molecular weight excluding hydrogens is 325 g/mol. The van der Waals surface area contributed by atoms with Gasteiger partial charge in [-0.05, 0) is 36.2 Å². The van der Waals surface area contributed by atoms with Crippen LogP contribution in [0.1, 0.15) is 29.7 Å². The summed E-state index contributed by atoms with van der Waals surface area (Å²) in [6, 6.07) is 25.2. The van der Waals surface area contributed by atoms with E-state index in [1.807, 2.05) is 36.4 Å². The van der Waals surface area contributed by atoms with Gasteiger partial charge in [-0.3, -0.25) is 0 Å². The Kier molecular flexibility index (Phi) is 6.39. The van der Waals surface area contributed by atoms with Gasteiger partial charge >= 0.3 is 0 Å². The second-order valence-corrected chi connectivity index (χ2v) is 6.35. The van der Waals surface area contributed by atoms with Crippen LogP contribution < -0.4 is 10.1 Å². The third kappa shape index (κ3) is 5.17. The van der Waals surface area contributed by atoms with Crippen LogP contribution >= 0.6 is 0 Å². The van der Waals surface area contributed by atoms with Gasteiger partial charge in [0.15, 0.2) is 0 Å². The summed E-state index contributed by atoms with van der Waals surface area (Å²) in [5.74, 6) is 0.696. The Balaban J connectivity index is 1.57. The van der Waals surface area contributed by atoms with Crippen molar-refractivity contribution < 1.29 is 9.13 Å². The molecule has 134 valence electrons. The highest BCUT2D eigenvalue weighted by Gasteiger charge is 2.11. The SMILES string of the molecule is CC(NCc1ccc(F)cc1)c1ccccc1OCCc1ccccc1. The molecule has 0 aliphatic heterocycles. The maximum Gasteiger partial charge on any atom is 0.124 e. The normalized spacial score (nSPS) is 11.9. The Morgan fingerprint density at radius 3 is 2.31 bits per heavy atom. The lowest BCUT2D eigenvalue weighted by Gasteiger charge is -2.18. The minimum absolute atomic E-state index is 0.132. The Bertz CT molecular complexity index is 802. The van der Waals surface area contributed by atoms with E-state index < -0.39 is 0 Å². The lowest BCUT2D eigenvalue weighted by molar-refractivity contribution is 0.315. The molecule has 26 heavy (non-hydrogen) atoms. The molecule has 3 aromatic rings. The molecule has 0 aliphatic carbocycles. The summed E-state index contributed by atoms with van der Waals surface area (Å²) in [6.45, 7) is 3.44. The van der Waals surface area contributed by atoms with Crippen molar-refractivity contribution >= 4 is 0 Å². The average Bonchev–Trinajstić information content (AvgIpc) is 2.68. The molecule has 0 saturated carbocycles. The third-order valence-corrected chi connectivity index (χ3v) is 4.40. The molecule has 1 N–H and O–H groups in total. The number of para-hydroxylation sites is 1. The zero-order chi connectivity index (χ0) is 18.2. The zero-order valence-electron chi connectivity index (χ0n) is 15.0. The fourth-order valence-corrected chi connectivity index (χ4v) is 2.88. The van der Waals surface area contributed by atoms with Crippen LogP contribution in [0.15, 0.2) is 78.9 Å². The molecule has 0 fully saturated rings. The van der Waals surface area contributed by atoms with Crippen molar-refractivity contribution in [1.82, 2.24) is 5.32 Å². The summed E-state index contributed by atoms with van der Waals surface area (Å²) in [6.07, 6.45) is 0.882. The lowest BCUT2D eigenvalue weighted by Crippen LogP contribution is -2.19. The first-order chi connectivity index (χ1) is 12.7. The predicted molar refractivity (Wildman–Crippen MR) is 104 cm³/mol. The van der Waals surface area contributed by atoms with Gasteiger partial charge in [-0.2, -0.15) is 0 Å². The number of hydrogen-bond acceptors (Lipinski definition) is 2. The monoisotopic (exact) mass is 349 g/mol. The van der Waals surface area contributed by atoms with E-state index in [0.29, 0.717) is 13.2 Å². The molecule has 2 nitrogen and oxygen atoms in total. The average molecular weight is 349 g/mol. The van der Waals surface area contributed by atoms with Crippen molar-refractivity contribution in [3.8, 4) is 5.75 Å². The van der Waals surface area contributed by atoms with Crippen molar-refractivity contribution in [2.24, 2.45) is 0 Å². The molecule has 0 bridgehead atoms. The van der Waals surface area contributed by atoms with E-state index >= 15 is 0 Å². The Labute approximate surface area is 154 Å². The number of rotatable bonds is 8. The van der Waals surface area contributed by atoms with Gasteiger partial charge in [0.05, 0.1) is 6.61 Å². The van der Waals surface area contributed by atoms with E-state index in [4.69, 9.17) is 4.74 Å². The van der Waals surface area contributed by atoms with Gasteiger partial charge < -0.3 is 10.1 Å². The summed E-state index contributed by atoms with van der Waals surface area (Å²) in [7, 11) is 0. The van der Waals surface area contributed by atoms with Crippen molar-refractivity contribution in [1.29, 1.82) is 0 Å². The molecule has 0 aromatic heterocycles. The second kappa shape index (κ2) is 9.16. The van der Waals surface area contributed by atoms with Crippen LogP contribution in [0.25, 0.3) is 0 Å². The molecule has 3 aromatic carbocycles. The van der Waals surface area contributed by atoms with E-state index in [1.165, 1.54) is 17.7 Å². The Morgan fingerprint density at radius 2 is 1.54 bits per heavy atom. The minimum atomic E-state index is -0.209. The number of nitrogens with one attached hydrogen (secondary N) is 1. The van der Waals surface area contributed by atoms with Crippen LogP contribution in [0, 0.1) is 5.82 Å². The van der Waals surface area contributed by atoms with Crippen LogP contribution in [0.3, 0.4) is 0 Å². The van der Waals surface area contributed by atoms with Crippen LogP contribution in [0.5, 0.6) is 5.75 Å². The molecule has 3 rings (SSSR count). The number of benzene rings is 3. The summed E-state index contributed by atoms with van der Waals surface area (Å²) in [5.41, 5.74) is 3.45. The quantitative estimate of drug-likeness (QED) is 0.596. The number of ether oxygens (including phenoxy) is 1. The molecule has 0 heterocycles. The van der Waals surface area contributed by atoms with E-state index in [-0.39, 0.29) is 11.9 Å². The Morgan fingerprint density at radius 1 is 0.846 bits per heavy atom. The maximum atomic E-state index is 13.0. The fraction of sp³-hybridized carbons (Fsp3) is 0.217. The summed E-state index contributed by atoms with van der Waals surface area (Å²) >= 11 is 0. The smallest absolute Gasteiger partial charge is 0.124 e. The van der Waals surface area contributed by atoms with E-state index in [1.54, 1.807) is 12.1 Å². The summed E-state index contributed by atoms with van der Waals surface area (Å²) in [4.78, 5) is 0. The fourth-order valence-electron chi connectivity index (χ4n) is 2.88. The number of hydrogen-bond donors (Lipinski definition) is 1. The van der Waals surface area contributed by atoms with Gasteiger partial charge in [0.1, 0.15) is 11.6 Å². The highest BCUT2D eigenvalue weighted by Crippen LogP contribution is 2.25. The van der Waals surface area contributed by atoms with Crippen molar-refractivity contribution in [3.05, 3.63) is 101 Å². The minimum Gasteiger partial charge on any atom is -0.493 e. The van der Waals surface area contributed by atoms with Crippen molar-refractivity contribution in [2.45, 2.75) is 25.9 Å². The molecule has 0 aliphatic rings. The highest BCUT2D eigenvalue weighted by molar-refractivity contribution is 5.36. The predicted octanol–water partition coefficient (Wildman–Crippen LogP) is 5.30. The second-order valence-electron chi connectivity index (χ2n) is 6.35. The van der Waals surface area contributed by atoms with Gasteiger partial charge in [-0.15, -0.1) is 0 Å². The highest BCUT2D eigenvalue weighted by atomic mass is 19.1. The molecule has 1 unspecified atom stereocenters. The van der Waals surface area contributed by atoms with Crippen molar-refractivity contribution in [2.75, 3.05) is 6.61 Å². The Hall–Kier alpha value is -2.65. The van der Waals surface area contributed by atoms with Gasteiger partial charge in [0.25, 0.3) is 0 Å². The largest absolute Gasteiger partial charge is 0.493 e. The topological polar surface area (TPSA) is 21.3 Å².